The predicted molar refractivity (Wildman–Crippen MR) is 83.9 cm³/mol. The second-order valence-corrected chi connectivity index (χ2v) is 5.66. The Morgan fingerprint density at radius 1 is 1.19 bits per heavy atom. The Morgan fingerprint density at radius 2 is 2.00 bits per heavy atom. The molecule has 0 radical (unpaired) electrons. The van der Waals surface area contributed by atoms with E-state index in [4.69, 9.17) is 9.47 Å². The molecule has 0 aliphatic heterocycles. The molecule has 0 spiro atoms. The Morgan fingerprint density at radius 3 is 2.71 bits per heavy atom. The van der Waals surface area contributed by atoms with E-state index in [0.29, 0.717) is 0 Å². The fraction of sp³-hybridized carbons (Fsp3) is 0.467. The van der Waals surface area contributed by atoms with E-state index in [2.05, 4.69) is 26.9 Å². The third-order valence-corrected chi connectivity index (χ3v) is 4.09. The van der Waals surface area contributed by atoms with E-state index in [1.54, 1.807) is 32.3 Å². The van der Waals surface area contributed by atoms with E-state index in [1.165, 1.54) is 5.56 Å². The standard InChI is InChI=1S/C15H21N3O2S/c1-19-10-3-9-18-12-16-17-15(18)21-11-8-13-4-6-14(20-2)7-5-13/h4-7,12H,3,8-11H2,1-2H3. The molecule has 0 aliphatic rings. The molecule has 0 bridgehead atoms. The first-order chi connectivity index (χ1) is 10.3. The van der Waals surface area contributed by atoms with Crippen LogP contribution in [-0.4, -0.2) is 41.3 Å². The summed E-state index contributed by atoms with van der Waals surface area (Å²) in [5.74, 6) is 1.87. The normalized spacial score (nSPS) is 10.8. The SMILES string of the molecule is COCCCn1cnnc1SCCc1ccc(OC)cc1. The van der Waals surface area contributed by atoms with Crippen molar-refractivity contribution in [2.75, 3.05) is 26.6 Å². The second-order valence-electron chi connectivity index (χ2n) is 4.60. The van der Waals surface area contributed by atoms with Crippen molar-refractivity contribution in [2.45, 2.75) is 24.5 Å². The summed E-state index contributed by atoms with van der Waals surface area (Å²) in [6.45, 7) is 1.65. The number of rotatable bonds is 9. The zero-order chi connectivity index (χ0) is 14.9. The molecule has 6 heteroatoms. The van der Waals surface area contributed by atoms with Gasteiger partial charge in [-0.1, -0.05) is 23.9 Å². The van der Waals surface area contributed by atoms with Gasteiger partial charge in [0.25, 0.3) is 0 Å². The maximum atomic E-state index is 5.16. The highest BCUT2D eigenvalue weighted by molar-refractivity contribution is 7.99. The quantitative estimate of drug-likeness (QED) is 0.526. The molecule has 0 fully saturated rings. The maximum Gasteiger partial charge on any atom is 0.191 e. The van der Waals surface area contributed by atoms with Crippen LogP contribution in [0.3, 0.4) is 0 Å². The summed E-state index contributed by atoms with van der Waals surface area (Å²) in [5.41, 5.74) is 1.30. The molecular formula is C15H21N3O2S. The number of aryl methyl sites for hydroxylation is 2. The van der Waals surface area contributed by atoms with Crippen LogP contribution >= 0.6 is 11.8 Å². The summed E-state index contributed by atoms with van der Waals surface area (Å²) >= 11 is 1.73. The van der Waals surface area contributed by atoms with Crippen molar-refractivity contribution < 1.29 is 9.47 Å². The van der Waals surface area contributed by atoms with Crippen molar-refractivity contribution in [3.8, 4) is 5.75 Å². The summed E-state index contributed by atoms with van der Waals surface area (Å²) in [4.78, 5) is 0. The Kier molecular flexibility index (Phi) is 6.56. The summed E-state index contributed by atoms with van der Waals surface area (Å²) in [5, 5.41) is 9.12. The van der Waals surface area contributed by atoms with Crippen molar-refractivity contribution >= 4 is 11.8 Å². The van der Waals surface area contributed by atoms with Gasteiger partial charge in [-0.2, -0.15) is 0 Å². The van der Waals surface area contributed by atoms with Crippen LogP contribution in [0.5, 0.6) is 5.75 Å². The third kappa shape index (κ3) is 5.06. The van der Waals surface area contributed by atoms with E-state index in [-0.39, 0.29) is 0 Å². The lowest BCUT2D eigenvalue weighted by molar-refractivity contribution is 0.189. The third-order valence-electron chi connectivity index (χ3n) is 3.11. The average molecular weight is 307 g/mol. The number of aromatic nitrogens is 3. The Balaban J connectivity index is 1.78. The van der Waals surface area contributed by atoms with E-state index < -0.39 is 0 Å². The van der Waals surface area contributed by atoms with Gasteiger partial charge in [0, 0.05) is 26.0 Å². The van der Waals surface area contributed by atoms with Crippen LogP contribution in [0, 0.1) is 0 Å². The van der Waals surface area contributed by atoms with Gasteiger partial charge in [-0.3, -0.25) is 0 Å². The molecule has 5 nitrogen and oxygen atoms in total. The van der Waals surface area contributed by atoms with Gasteiger partial charge in [0.1, 0.15) is 12.1 Å². The van der Waals surface area contributed by atoms with Gasteiger partial charge in [0.15, 0.2) is 5.16 Å². The van der Waals surface area contributed by atoms with Crippen molar-refractivity contribution in [1.29, 1.82) is 0 Å². The average Bonchev–Trinajstić information content (AvgIpc) is 2.96. The van der Waals surface area contributed by atoms with Crippen LogP contribution in [0.4, 0.5) is 0 Å². The van der Waals surface area contributed by atoms with Gasteiger partial charge < -0.3 is 14.0 Å². The topological polar surface area (TPSA) is 49.2 Å². The molecular weight excluding hydrogens is 286 g/mol. The van der Waals surface area contributed by atoms with Gasteiger partial charge in [-0.05, 0) is 30.5 Å². The monoisotopic (exact) mass is 307 g/mol. The molecule has 21 heavy (non-hydrogen) atoms. The van der Waals surface area contributed by atoms with Gasteiger partial charge in [0.05, 0.1) is 7.11 Å². The van der Waals surface area contributed by atoms with Crippen molar-refractivity contribution in [3.63, 3.8) is 0 Å². The Labute approximate surface area is 129 Å². The lowest BCUT2D eigenvalue weighted by Gasteiger charge is -2.06. The van der Waals surface area contributed by atoms with E-state index >= 15 is 0 Å². The highest BCUT2D eigenvalue weighted by Gasteiger charge is 2.05. The molecule has 2 aromatic rings. The fourth-order valence-electron chi connectivity index (χ4n) is 1.94. The predicted octanol–water partition coefficient (Wildman–Crippen LogP) is 2.66. The molecule has 0 atom stereocenters. The van der Waals surface area contributed by atoms with Crippen molar-refractivity contribution in [3.05, 3.63) is 36.2 Å². The van der Waals surface area contributed by atoms with Crippen LogP contribution in [0.15, 0.2) is 35.7 Å². The van der Waals surface area contributed by atoms with Crippen LogP contribution in [-0.2, 0) is 17.7 Å². The highest BCUT2D eigenvalue weighted by Crippen LogP contribution is 2.18. The zero-order valence-electron chi connectivity index (χ0n) is 12.5. The van der Waals surface area contributed by atoms with E-state index in [9.17, 15) is 0 Å². The largest absolute Gasteiger partial charge is 0.497 e. The molecule has 0 N–H and O–H groups in total. The smallest absolute Gasteiger partial charge is 0.191 e. The Bertz CT molecular complexity index is 528. The molecule has 1 aromatic carbocycles. The zero-order valence-corrected chi connectivity index (χ0v) is 13.3. The minimum absolute atomic E-state index is 0.758. The first-order valence-corrected chi connectivity index (χ1v) is 7.94. The fourth-order valence-corrected chi connectivity index (χ4v) is 2.87. The summed E-state index contributed by atoms with van der Waals surface area (Å²) in [6.07, 6.45) is 3.76. The lowest BCUT2D eigenvalue weighted by Crippen LogP contribution is -2.02. The summed E-state index contributed by atoms with van der Waals surface area (Å²) in [7, 11) is 3.40. The number of ether oxygens (including phenoxy) is 2. The molecule has 1 aromatic heterocycles. The van der Waals surface area contributed by atoms with Crippen LogP contribution in [0.25, 0.3) is 0 Å². The van der Waals surface area contributed by atoms with E-state index in [0.717, 1.165) is 42.7 Å². The van der Waals surface area contributed by atoms with Gasteiger partial charge in [-0.15, -0.1) is 10.2 Å². The number of nitrogens with zero attached hydrogens (tertiary/aromatic N) is 3. The van der Waals surface area contributed by atoms with Gasteiger partial charge >= 0.3 is 0 Å². The number of thioether (sulfide) groups is 1. The maximum absolute atomic E-state index is 5.16. The molecule has 2 rings (SSSR count). The van der Waals surface area contributed by atoms with Crippen molar-refractivity contribution in [2.24, 2.45) is 0 Å². The first kappa shape index (κ1) is 15.9. The summed E-state index contributed by atoms with van der Waals surface area (Å²) in [6, 6.07) is 8.19. The van der Waals surface area contributed by atoms with Crippen LogP contribution in [0.2, 0.25) is 0 Å². The first-order valence-electron chi connectivity index (χ1n) is 6.96. The lowest BCUT2D eigenvalue weighted by atomic mass is 10.2. The van der Waals surface area contributed by atoms with Crippen molar-refractivity contribution in [1.82, 2.24) is 14.8 Å². The number of hydrogen-bond acceptors (Lipinski definition) is 5. The number of hydrogen-bond donors (Lipinski definition) is 0. The second kappa shape index (κ2) is 8.69. The van der Waals surface area contributed by atoms with Crippen LogP contribution < -0.4 is 4.74 Å². The summed E-state index contributed by atoms with van der Waals surface area (Å²) < 4.78 is 12.3. The molecule has 0 unspecified atom stereocenters. The molecule has 0 aliphatic carbocycles. The van der Waals surface area contributed by atoms with Gasteiger partial charge in [-0.25, -0.2) is 0 Å². The molecule has 0 saturated carbocycles. The molecule has 0 saturated heterocycles. The van der Waals surface area contributed by atoms with E-state index in [1.807, 2.05) is 12.1 Å². The molecule has 1 heterocycles. The molecule has 0 amide bonds. The Hall–Kier alpha value is -1.53. The number of benzene rings is 1. The van der Waals surface area contributed by atoms with Gasteiger partial charge in [0.2, 0.25) is 0 Å². The minimum Gasteiger partial charge on any atom is -0.497 e. The van der Waals surface area contributed by atoms with Crippen LogP contribution in [0.1, 0.15) is 12.0 Å². The highest BCUT2D eigenvalue weighted by atomic mass is 32.2. The minimum atomic E-state index is 0.758. The number of methoxy groups -OCH3 is 2. The molecule has 114 valence electrons.